The molecule has 1 fully saturated rings. The minimum Gasteiger partial charge on any atom is -0.406 e. The standard InChI is InChI=1S/C15H20F3NO/c1-2-11-5-4-8-14(19,10-11)12-6-3-7-13(9-12)20-15(16,17)18/h3,6-7,9,11H,2,4-5,8,10,19H2,1H3. The lowest BCUT2D eigenvalue weighted by molar-refractivity contribution is -0.274. The number of hydrogen-bond donors (Lipinski definition) is 1. The molecule has 0 aliphatic heterocycles. The van der Waals surface area contributed by atoms with Gasteiger partial charge in [-0.25, -0.2) is 0 Å². The number of hydrogen-bond acceptors (Lipinski definition) is 2. The van der Waals surface area contributed by atoms with Crippen LogP contribution in [0, 0.1) is 5.92 Å². The van der Waals surface area contributed by atoms with Crippen LogP contribution >= 0.6 is 0 Å². The van der Waals surface area contributed by atoms with E-state index in [0.29, 0.717) is 5.92 Å². The van der Waals surface area contributed by atoms with E-state index in [2.05, 4.69) is 11.7 Å². The molecule has 2 nitrogen and oxygen atoms in total. The van der Waals surface area contributed by atoms with E-state index < -0.39 is 11.9 Å². The first kappa shape index (κ1) is 15.2. The van der Waals surface area contributed by atoms with Gasteiger partial charge in [0.2, 0.25) is 0 Å². The zero-order valence-corrected chi connectivity index (χ0v) is 11.5. The number of ether oxygens (including phenoxy) is 1. The fraction of sp³-hybridized carbons (Fsp3) is 0.600. The molecule has 0 spiro atoms. The van der Waals surface area contributed by atoms with Gasteiger partial charge < -0.3 is 10.5 Å². The normalized spacial score (nSPS) is 27.4. The van der Waals surface area contributed by atoms with Gasteiger partial charge in [0.15, 0.2) is 0 Å². The molecule has 1 aliphatic rings. The van der Waals surface area contributed by atoms with Crippen molar-refractivity contribution in [3.8, 4) is 5.75 Å². The van der Waals surface area contributed by atoms with Gasteiger partial charge in [0, 0.05) is 5.54 Å². The van der Waals surface area contributed by atoms with Crippen LogP contribution < -0.4 is 10.5 Å². The second-order valence-electron chi connectivity index (χ2n) is 5.60. The Morgan fingerprint density at radius 3 is 2.80 bits per heavy atom. The largest absolute Gasteiger partial charge is 0.573 e. The maximum absolute atomic E-state index is 12.3. The second-order valence-corrected chi connectivity index (χ2v) is 5.60. The van der Waals surface area contributed by atoms with E-state index in [1.165, 1.54) is 12.1 Å². The molecular formula is C15H20F3NO. The number of benzene rings is 1. The topological polar surface area (TPSA) is 35.2 Å². The molecule has 0 heterocycles. The molecule has 112 valence electrons. The highest BCUT2D eigenvalue weighted by atomic mass is 19.4. The SMILES string of the molecule is CCC1CCCC(N)(c2cccc(OC(F)(F)F)c2)C1. The zero-order valence-electron chi connectivity index (χ0n) is 11.5. The van der Waals surface area contributed by atoms with Crippen molar-refractivity contribution >= 4 is 0 Å². The molecule has 1 aliphatic carbocycles. The van der Waals surface area contributed by atoms with Gasteiger partial charge in [0.1, 0.15) is 5.75 Å². The van der Waals surface area contributed by atoms with Crippen LogP contribution in [0.5, 0.6) is 5.75 Å². The highest BCUT2D eigenvalue weighted by molar-refractivity contribution is 5.33. The van der Waals surface area contributed by atoms with Gasteiger partial charge >= 0.3 is 6.36 Å². The third-order valence-corrected chi connectivity index (χ3v) is 4.11. The van der Waals surface area contributed by atoms with Crippen molar-refractivity contribution in [2.75, 3.05) is 0 Å². The van der Waals surface area contributed by atoms with Crippen LogP contribution in [0.4, 0.5) is 13.2 Å². The Labute approximate surface area is 117 Å². The molecule has 5 heteroatoms. The maximum atomic E-state index is 12.3. The minimum absolute atomic E-state index is 0.196. The smallest absolute Gasteiger partial charge is 0.406 e. The third kappa shape index (κ3) is 3.66. The predicted octanol–water partition coefficient (Wildman–Crippen LogP) is 4.34. The van der Waals surface area contributed by atoms with Gasteiger partial charge in [-0.15, -0.1) is 13.2 Å². The fourth-order valence-electron chi connectivity index (χ4n) is 3.04. The Balaban J connectivity index is 2.21. The van der Waals surface area contributed by atoms with Crippen molar-refractivity contribution in [1.82, 2.24) is 0 Å². The molecule has 0 amide bonds. The van der Waals surface area contributed by atoms with Gasteiger partial charge in [-0.1, -0.05) is 38.3 Å². The summed E-state index contributed by atoms with van der Waals surface area (Å²) in [6.07, 6.45) is 0.169. The van der Waals surface area contributed by atoms with E-state index in [1.807, 2.05) is 0 Å². The minimum atomic E-state index is -4.67. The summed E-state index contributed by atoms with van der Waals surface area (Å²) in [5.74, 6) is 0.347. The second kappa shape index (κ2) is 5.64. The Kier molecular flexibility index (Phi) is 4.28. The molecule has 2 N–H and O–H groups in total. The first-order valence-corrected chi connectivity index (χ1v) is 6.97. The van der Waals surface area contributed by atoms with E-state index in [0.717, 1.165) is 37.7 Å². The number of rotatable bonds is 3. The van der Waals surface area contributed by atoms with Crippen LogP contribution in [0.1, 0.15) is 44.6 Å². The summed E-state index contributed by atoms with van der Waals surface area (Å²) in [6, 6.07) is 6.09. The average molecular weight is 287 g/mol. The summed E-state index contributed by atoms with van der Waals surface area (Å²) < 4.78 is 40.8. The van der Waals surface area contributed by atoms with Crippen LogP contribution in [0.25, 0.3) is 0 Å². The maximum Gasteiger partial charge on any atom is 0.573 e. The van der Waals surface area contributed by atoms with Crippen LogP contribution in [0.3, 0.4) is 0 Å². The fourth-order valence-corrected chi connectivity index (χ4v) is 3.04. The molecule has 20 heavy (non-hydrogen) atoms. The van der Waals surface area contributed by atoms with Crippen molar-refractivity contribution in [1.29, 1.82) is 0 Å². The van der Waals surface area contributed by atoms with Gasteiger partial charge in [0.05, 0.1) is 0 Å². The van der Waals surface area contributed by atoms with Crippen molar-refractivity contribution in [2.24, 2.45) is 11.7 Å². The number of alkyl halides is 3. The monoisotopic (exact) mass is 287 g/mol. The van der Waals surface area contributed by atoms with Gasteiger partial charge in [-0.2, -0.15) is 0 Å². The highest BCUT2D eigenvalue weighted by Crippen LogP contribution is 2.40. The number of halogens is 3. The van der Waals surface area contributed by atoms with Crippen LogP contribution in [0.15, 0.2) is 24.3 Å². The molecule has 2 atom stereocenters. The predicted molar refractivity (Wildman–Crippen MR) is 71.2 cm³/mol. The lowest BCUT2D eigenvalue weighted by Crippen LogP contribution is -2.41. The zero-order chi connectivity index (χ0) is 14.8. The molecular weight excluding hydrogens is 267 g/mol. The molecule has 2 unspecified atom stereocenters. The number of nitrogens with two attached hydrogens (primary N) is 1. The van der Waals surface area contributed by atoms with Crippen LogP contribution in [-0.2, 0) is 5.54 Å². The average Bonchev–Trinajstić information content (AvgIpc) is 2.37. The van der Waals surface area contributed by atoms with Crippen molar-refractivity contribution in [3.05, 3.63) is 29.8 Å². The third-order valence-electron chi connectivity index (χ3n) is 4.11. The van der Waals surface area contributed by atoms with E-state index in [-0.39, 0.29) is 5.75 Å². The summed E-state index contributed by atoms with van der Waals surface area (Å²) in [4.78, 5) is 0. The van der Waals surface area contributed by atoms with Crippen LogP contribution in [-0.4, -0.2) is 6.36 Å². The molecule has 0 saturated heterocycles. The summed E-state index contributed by atoms with van der Waals surface area (Å²) in [7, 11) is 0. The quantitative estimate of drug-likeness (QED) is 0.897. The van der Waals surface area contributed by atoms with E-state index in [4.69, 9.17) is 5.73 Å². The molecule has 0 bridgehead atoms. The summed E-state index contributed by atoms with van der Waals surface area (Å²) >= 11 is 0. The van der Waals surface area contributed by atoms with Crippen LogP contribution in [0.2, 0.25) is 0 Å². The van der Waals surface area contributed by atoms with E-state index >= 15 is 0 Å². The van der Waals surface area contributed by atoms with Gasteiger partial charge in [-0.05, 0) is 36.5 Å². The van der Waals surface area contributed by atoms with E-state index in [1.54, 1.807) is 12.1 Å². The summed E-state index contributed by atoms with van der Waals surface area (Å²) in [6.45, 7) is 2.12. The Hall–Kier alpha value is -1.23. The lowest BCUT2D eigenvalue weighted by atomic mass is 9.72. The molecule has 1 saturated carbocycles. The van der Waals surface area contributed by atoms with Crippen molar-refractivity contribution in [3.63, 3.8) is 0 Å². The highest BCUT2D eigenvalue weighted by Gasteiger charge is 2.35. The first-order chi connectivity index (χ1) is 9.32. The van der Waals surface area contributed by atoms with E-state index in [9.17, 15) is 13.2 Å². The molecule has 1 aromatic rings. The van der Waals surface area contributed by atoms with Crippen molar-refractivity contribution in [2.45, 2.75) is 50.9 Å². The summed E-state index contributed by atoms with van der Waals surface area (Å²) in [5.41, 5.74) is 6.64. The lowest BCUT2D eigenvalue weighted by Gasteiger charge is -2.38. The summed E-state index contributed by atoms with van der Waals surface area (Å²) in [5, 5.41) is 0. The van der Waals surface area contributed by atoms with Crippen molar-refractivity contribution < 1.29 is 17.9 Å². The Morgan fingerprint density at radius 1 is 1.40 bits per heavy atom. The van der Waals surface area contributed by atoms with Gasteiger partial charge in [-0.3, -0.25) is 0 Å². The Bertz CT molecular complexity index is 461. The first-order valence-electron chi connectivity index (χ1n) is 6.97. The molecule has 2 rings (SSSR count). The van der Waals surface area contributed by atoms with Gasteiger partial charge in [0.25, 0.3) is 0 Å². The molecule has 0 radical (unpaired) electrons. The molecule has 0 aromatic heterocycles. The Morgan fingerprint density at radius 2 is 2.15 bits per heavy atom. The molecule has 1 aromatic carbocycles.